The Balaban J connectivity index is 3.66. The molecule has 4 nitrogen and oxygen atoms in total. The number of carbonyl (C=O) groups excluding carboxylic acids is 1. The van der Waals surface area contributed by atoms with Crippen LogP contribution in [-0.4, -0.2) is 35.0 Å². The van der Waals surface area contributed by atoms with Crippen molar-refractivity contribution in [2.24, 2.45) is 0 Å². The quantitative estimate of drug-likeness (QED) is 0.629. The average Bonchev–Trinajstić information content (AvgIpc) is 2.20. The molecule has 4 heteroatoms. The summed E-state index contributed by atoms with van der Waals surface area (Å²) in [5.41, 5.74) is 0. The standard InChI is InChI=1S/C11H21NO3/c1-3-9-12(4-2)10(13)7-5-6-8-11(14)15/h3-9H2,1-2H3,(H,14,15). The van der Waals surface area contributed by atoms with Gasteiger partial charge in [-0.05, 0) is 26.2 Å². The molecule has 15 heavy (non-hydrogen) atoms. The van der Waals surface area contributed by atoms with Crippen LogP contribution in [-0.2, 0) is 9.59 Å². The highest BCUT2D eigenvalue weighted by atomic mass is 16.4. The summed E-state index contributed by atoms with van der Waals surface area (Å²) in [6.45, 7) is 5.55. The van der Waals surface area contributed by atoms with Crippen molar-refractivity contribution < 1.29 is 14.7 Å². The van der Waals surface area contributed by atoms with E-state index in [4.69, 9.17) is 5.11 Å². The molecule has 0 unspecified atom stereocenters. The van der Waals surface area contributed by atoms with Gasteiger partial charge in [-0.2, -0.15) is 0 Å². The summed E-state index contributed by atoms with van der Waals surface area (Å²) in [4.78, 5) is 23.6. The second kappa shape index (κ2) is 8.26. The third-order valence-corrected chi connectivity index (χ3v) is 2.26. The number of hydrogen-bond acceptors (Lipinski definition) is 2. The predicted octanol–water partition coefficient (Wildman–Crippen LogP) is 1.89. The zero-order valence-corrected chi connectivity index (χ0v) is 9.66. The van der Waals surface area contributed by atoms with Crippen LogP contribution in [0.1, 0.15) is 46.0 Å². The van der Waals surface area contributed by atoms with Crippen molar-refractivity contribution in [1.29, 1.82) is 0 Å². The third-order valence-electron chi connectivity index (χ3n) is 2.26. The number of carboxylic acid groups (broad SMARTS) is 1. The Hall–Kier alpha value is -1.06. The smallest absolute Gasteiger partial charge is 0.303 e. The topological polar surface area (TPSA) is 57.6 Å². The normalized spacial score (nSPS) is 10.0. The fourth-order valence-electron chi connectivity index (χ4n) is 1.44. The van der Waals surface area contributed by atoms with Gasteiger partial charge in [0.15, 0.2) is 0 Å². The van der Waals surface area contributed by atoms with Gasteiger partial charge in [-0.3, -0.25) is 9.59 Å². The summed E-state index contributed by atoms with van der Waals surface area (Å²) in [6, 6.07) is 0. The minimum absolute atomic E-state index is 0.143. The maximum Gasteiger partial charge on any atom is 0.303 e. The third kappa shape index (κ3) is 6.94. The van der Waals surface area contributed by atoms with Crippen LogP contribution in [0.25, 0.3) is 0 Å². The molecule has 0 fully saturated rings. The van der Waals surface area contributed by atoms with E-state index in [1.54, 1.807) is 0 Å². The van der Waals surface area contributed by atoms with Crippen LogP contribution >= 0.6 is 0 Å². The van der Waals surface area contributed by atoms with Crippen molar-refractivity contribution in [3.05, 3.63) is 0 Å². The highest BCUT2D eigenvalue weighted by Gasteiger charge is 2.09. The van der Waals surface area contributed by atoms with E-state index in [9.17, 15) is 9.59 Å². The van der Waals surface area contributed by atoms with Gasteiger partial charge in [-0.25, -0.2) is 0 Å². The first-order valence-corrected chi connectivity index (χ1v) is 5.61. The Morgan fingerprint density at radius 2 is 1.73 bits per heavy atom. The SMILES string of the molecule is CCCN(CC)C(=O)CCCCC(=O)O. The van der Waals surface area contributed by atoms with Crippen LogP contribution in [0.4, 0.5) is 0 Å². The van der Waals surface area contributed by atoms with Gasteiger partial charge in [0.1, 0.15) is 0 Å². The van der Waals surface area contributed by atoms with Crippen molar-refractivity contribution in [2.75, 3.05) is 13.1 Å². The molecule has 0 saturated carbocycles. The Morgan fingerprint density at radius 3 is 2.20 bits per heavy atom. The molecule has 0 rings (SSSR count). The van der Waals surface area contributed by atoms with Crippen LogP contribution < -0.4 is 0 Å². The van der Waals surface area contributed by atoms with Crippen molar-refractivity contribution >= 4 is 11.9 Å². The minimum atomic E-state index is -0.789. The maximum absolute atomic E-state index is 11.6. The summed E-state index contributed by atoms with van der Waals surface area (Å²) in [5, 5.41) is 8.42. The minimum Gasteiger partial charge on any atom is -0.481 e. The number of carboxylic acids is 1. The van der Waals surface area contributed by atoms with Crippen LogP contribution in [0.2, 0.25) is 0 Å². The van der Waals surface area contributed by atoms with E-state index in [0.717, 1.165) is 19.5 Å². The molecule has 1 amide bonds. The molecule has 0 aromatic heterocycles. The first-order valence-electron chi connectivity index (χ1n) is 5.61. The van der Waals surface area contributed by atoms with Gasteiger partial charge in [0.25, 0.3) is 0 Å². The average molecular weight is 215 g/mol. The molecule has 0 atom stereocenters. The Kier molecular flexibility index (Phi) is 7.68. The molecule has 0 aliphatic heterocycles. The highest BCUT2D eigenvalue weighted by molar-refractivity contribution is 5.76. The first-order chi connectivity index (χ1) is 7.11. The molecule has 0 saturated heterocycles. The van der Waals surface area contributed by atoms with Crippen LogP contribution in [0.5, 0.6) is 0 Å². The van der Waals surface area contributed by atoms with Gasteiger partial charge in [-0.15, -0.1) is 0 Å². The van der Waals surface area contributed by atoms with Crippen molar-refractivity contribution in [3.8, 4) is 0 Å². The molecular weight excluding hydrogens is 194 g/mol. The molecule has 0 heterocycles. The molecule has 88 valence electrons. The predicted molar refractivity (Wildman–Crippen MR) is 58.6 cm³/mol. The maximum atomic E-state index is 11.6. The van der Waals surface area contributed by atoms with Crippen molar-refractivity contribution in [2.45, 2.75) is 46.0 Å². The lowest BCUT2D eigenvalue weighted by molar-refractivity contribution is -0.137. The van der Waals surface area contributed by atoms with Gasteiger partial charge in [0.05, 0.1) is 0 Å². The molecule has 0 aromatic carbocycles. The summed E-state index contributed by atoms with van der Waals surface area (Å²) >= 11 is 0. The number of amides is 1. The first kappa shape index (κ1) is 13.9. The van der Waals surface area contributed by atoms with Crippen LogP contribution in [0, 0.1) is 0 Å². The van der Waals surface area contributed by atoms with Gasteiger partial charge < -0.3 is 10.0 Å². The van der Waals surface area contributed by atoms with Crippen molar-refractivity contribution in [1.82, 2.24) is 4.90 Å². The van der Waals surface area contributed by atoms with E-state index in [1.165, 1.54) is 0 Å². The molecule has 0 bridgehead atoms. The zero-order valence-electron chi connectivity index (χ0n) is 9.66. The summed E-state index contributed by atoms with van der Waals surface area (Å²) in [6.07, 6.45) is 2.86. The summed E-state index contributed by atoms with van der Waals surface area (Å²) < 4.78 is 0. The molecule has 0 aliphatic rings. The highest BCUT2D eigenvalue weighted by Crippen LogP contribution is 2.04. The lowest BCUT2D eigenvalue weighted by atomic mass is 10.2. The number of unbranched alkanes of at least 4 members (excludes halogenated alkanes) is 1. The second-order valence-corrected chi connectivity index (χ2v) is 3.57. The lowest BCUT2D eigenvalue weighted by Crippen LogP contribution is -2.31. The van der Waals surface area contributed by atoms with E-state index in [-0.39, 0.29) is 12.3 Å². The van der Waals surface area contributed by atoms with Gasteiger partial charge in [-0.1, -0.05) is 6.92 Å². The number of aliphatic carboxylic acids is 1. The van der Waals surface area contributed by atoms with Gasteiger partial charge in [0.2, 0.25) is 5.91 Å². The lowest BCUT2D eigenvalue weighted by Gasteiger charge is -2.19. The van der Waals surface area contributed by atoms with Crippen LogP contribution in [0.15, 0.2) is 0 Å². The fourth-order valence-corrected chi connectivity index (χ4v) is 1.44. The molecule has 0 spiro atoms. The Bertz CT molecular complexity index is 204. The van der Waals surface area contributed by atoms with E-state index in [2.05, 4.69) is 0 Å². The molecule has 0 aliphatic carbocycles. The van der Waals surface area contributed by atoms with Gasteiger partial charge in [0, 0.05) is 25.9 Å². The number of rotatable bonds is 8. The number of nitrogens with zero attached hydrogens (tertiary/aromatic N) is 1. The van der Waals surface area contributed by atoms with E-state index in [0.29, 0.717) is 19.3 Å². The second-order valence-electron chi connectivity index (χ2n) is 3.57. The summed E-state index contributed by atoms with van der Waals surface area (Å²) in [5.74, 6) is -0.645. The summed E-state index contributed by atoms with van der Waals surface area (Å²) in [7, 11) is 0. The van der Waals surface area contributed by atoms with Crippen LogP contribution in [0.3, 0.4) is 0 Å². The van der Waals surface area contributed by atoms with E-state index in [1.807, 2.05) is 18.7 Å². The fraction of sp³-hybridized carbons (Fsp3) is 0.818. The van der Waals surface area contributed by atoms with Crippen molar-refractivity contribution in [3.63, 3.8) is 0 Å². The monoisotopic (exact) mass is 215 g/mol. The van der Waals surface area contributed by atoms with E-state index >= 15 is 0 Å². The zero-order chi connectivity index (χ0) is 11.7. The Labute approximate surface area is 91.3 Å². The van der Waals surface area contributed by atoms with Gasteiger partial charge >= 0.3 is 5.97 Å². The number of hydrogen-bond donors (Lipinski definition) is 1. The largest absolute Gasteiger partial charge is 0.481 e. The molecular formula is C11H21NO3. The number of carbonyl (C=O) groups is 2. The molecule has 0 radical (unpaired) electrons. The molecule has 1 N–H and O–H groups in total. The van der Waals surface area contributed by atoms with E-state index < -0.39 is 5.97 Å². The molecule has 0 aromatic rings. The Morgan fingerprint density at radius 1 is 1.13 bits per heavy atom.